The quantitative estimate of drug-likeness (QED) is 0.729. The van der Waals surface area contributed by atoms with Crippen molar-refractivity contribution in [3.63, 3.8) is 0 Å². The van der Waals surface area contributed by atoms with Crippen LogP contribution in [0.1, 0.15) is 13.3 Å². The molecule has 0 saturated carbocycles. The van der Waals surface area contributed by atoms with Gasteiger partial charge in [-0.15, -0.1) is 0 Å². The van der Waals surface area contributed by atoms with E-state index in [4.69, 9.17) is 5.73 Å². The van der Waals surface area contributed by atoms with Gasteiger partial charge >= 0.3 is 6.03 Å². The minimum atomic E-state index is -0.386. The molecule has 5 heteroatoms. The topological polar surface area (TPSA) is 67.1 Å². The van der Waals surface area contributed by atoms with Crippen molar-refractivity contribution in [1.82, 2.24) is 5.32 Å². The van der Waals surface area contributed by atoms with Gasteiger partial charge in [0.1, 0.15) is 5.82 Å². The van der Waals surface area contributed by atoms with Gasteiger partial charge in [-0.25, -0.2) is 9.18 Å². The van der Waals surface area contributed by atoms with Crippen LogP contribution in [-0.4, -0.2) is 18.6 Å². The summed E-state index contributed by atoms with van der Waals surface area (Å²) in [7, 11) is 0. The lowest BCUT2D eigenvalue weighted by atomic mass is 10.2. The first-order valence-corrected chi connectivity index (χ1v) is 5.17. The molecule has 0 bridgehead atoms. The normalized spacial score (nSPS) is 11.9. The zero-order valence-electron chi connectivity index (χ0n) is 9.16. The van der Waals surface area contributed by atoms with Gasteiger partial charge in [-0.3, -0.25) is 0 Å². The van der Waals surface area contributed by atoms with Crippen molar-refractivity contribution in [2.45, 2.75) is 19.4 Å². The van der Waals surface area contributed by atoms with E-state index in [1.54, 1.807) is 6.07 Å². The van der Waals surface area contributed by atoms with Crippen LogP contribution >= 0.6 is 0 Å². The molecule has 1 aromatic carbocycles. The molecule has 88 valence electrons. The Hall–Kier alpha value is -1.62. The molecule has 0 aromatic heterocycles. The van der Waals surface area contributed by atoms with Crippen molar-refractivity contribution in [2.75, 3.05) is 11.9 Å². The summed E-state index contributed by atoms with van der Waals surface area (Å²) in [5, 5.41) is 5.12. The Morgan fingerprint density at radius 3 is 2.94 bits per heavy atom. The third-order valence-electron chi connectivity index (χ3n) is 2.13. The molecule has 1 rings (SSSR count). The number of anilines is 1. The van der Waals surface area contributed by atoms with Crippen LogP contribution in [0.2, 0.25) is 0 Å². The lowest BCUT2D eigenvalue weighted by Crippen LogP contribution is -2.38. The molecule has 0 radical (unpaired) electrons. The van der Waals surface area contributed by atoms with E-state index in [9.17, 15) is 9.18 Å². The van der Waals surface area contributed by atoms with E-state index in [0.29, 0.717) is 12.2 Å². The predicted octanol–water partition coefficient (Wildman–Crippen LogP) is 1.68. The number of carbonyl (C=O) groups excluding carboxylic acids is 1. The van der Waals surface area contributed by atoms with Crippen LogP contribution in [0.15, 0.2) is 24.3 Å². The summed E-state index contributed by atoms with van der Waals surface area (Å²) in [6, 6.07) is 5.27. The highest BCUT2D eigenvalue weighted by Gasteiger charge is 2.04. The molecule has 4 N–H and O–H groups in total. The minimum absolute atomic E-state index is 0.0572. The summed E-state index contributed by atoms with van der Waals surface area (Å²) in [6.07, 6.45) is 0.792. The van der Waals surface area contributed by atoms with Gasteiger partial charge in [0.05, 0.1) is 0 Å². The standard InChI is InChI=1S/C11H16FN3O/c1-2-9(13)7-14-11(16)15-10-5-3-4-8(12)6-10/h3-6,9H,2,7,13H2,1H3,(H2,14,15,16). The third kappa shape index (κ3) is 4.27. The van der Waals surface area contributed by atoms with Crippen molar-refractivity contribution < 1.29 is 9.18 Å². The maximum Gasteiger partial charge on any atom is 0.319 e. The van der Waals surface area contributed by atoms with Gasteiger partial charge in [-0.2, -0.15) is 0 Å². The van der Waals surface area contributed by atoms with Gasteiger partial charge in [0, 0.05) is 18.3 Å². The first kappa shape index (κ1) is 12.4. The van der Waals surface area contributed by atoms with Crippen molar-refractivity contribution in [1.29, 1.82) is 0 Å². The molecule has 0 heterocycles. The highest BCUT2D eigenvalue weighted by atomic mass is 19.1. The van der Waals surface area contributed by atoms with Crippen LogP contribution in [0.25, 0.3) is 0 Å². The number of hydrogen-bond donors (Lipinski definition) is 3. The molecule has 1 unspecified atom stereocenters. The summed E-state index contributed by atoms with van der Waals surface area (Å²) in [4.78, 5) is 11.3. The molecule has 0 aliphatic heterocycles. The number of carbonyl (C=O) groups is 1. The fraction of sp³-hybridized carbons (Fsp3) is 0.364. The van der Waals surface area contributed by atoms with Gasteiger partial charge in [0.2, 0.25) is 0 Å². The predicted molar refractivity (Wildman–Crippen MR) is 61.7 cm³/mol. The maximum absolute atomic E-state index is 12.8. The highest BCUT2D eigenvalue weighted by Crippen LogP contribution is 2.08. The maximum atomic E-state index is 12.8. The Kier molecular flexibility index (Phi) is 4.72. The lowest BCUT2D eigenvalue weighted by Gasteiger charge is -2.11. The van der Waals surface area contributed by atoms with Gasteiger partial charge in [-0.05, 0) is 24.6 Å². The molecule has 0 spiro atoms. The zero-order chi connectivity index (χ0) is 12.0. The number of amides is 2. The van der Waals surface area contributed by atoms with E-state index in [-0.39, 0.29) is 17.9 Å². The average molecular weight is 225 g/mol. The second-order valence-corrected chi connectivity index (χ2v) is 3.51. The van der Waals surface area contributed by atoms with Crippen LogP contribution in [0, 0.1) is 5.82 Å². The van der Waals surface area contributed by atoms with Crippen LogP contribution < -0.4 is 16.4 Å². The van der Waals surface area contributed by atoms with E-state index >= 15 is 0 Å². The first-order chi connectivity index (χ1) is 7.61. The van der Waals surface area contributed by atoms with Crippen LogP contribution in [0.3, 0.4) is 0 Å². The zero-order valence-corrected chi connectivity index (χ0v) is 9.16. The number of halogens is 1. The summed E-state index contributed by atoms with van der Waals surface area (Å²) in [5.41, 5.74) is 6.06. The third-order valence-corrected chi connectivity index (χ3v) is 2.13. The number of benzene rings is 1. The lowest BCUT2D eigenvalue weighted by molar-refractivity contribution is 0.251. The van der Waals surface area contributed by atoms with E-state index in [1.807, 2.05) is 6.92 Å². The second-order valence-electron chi connectivity index (χ2n) is 3.51. The van der Waals surface area contributed by atoms with Gasteiger partial charge in [0.15, 0.2) is 0 Å². The Labute approximate surface area is 94.0 Å². The van der Waals surface area contributed by atoms with E-state index in [1.165, 1.54) is 18.2 Å². The molecule has 0 aliphatic rings. The molecular formula is C11H16FN3O. The summed E-state index contributed by atoms with van der Waals surface area (Å²) in [5.74, 6) is -0.386. The summed E-state index contributed by atoms with van der Waals surface area (Å²) >= 11 is 0. The first-order valence-electron chi connectivity index (χ1n) is 5.17. The van der Waals surface area contributed by atoms with Crippen LogP contribution in [-0.2, 0) is 0 Å². The van der Waals surface area contributed by atoms with E-state index in [0.717, 1.165) is 6.42 Å². The molecule has 1 atom stereocenters. The van der Waals surface area contributed by atoms with Crippen molar-refractivity contribution in [3.8, 4) is 0 Å². The van der Waals surface area contributed by atoms with E-state index < -0.39 is 0 Å². The number of nitrogens with two attached hydrogens (primary N) is 1. The van der Waals surface area contributed by atoms with Gasteiger partial charge < -0.3 is 16.4 Å². The number of rotatable bonds is 4. The van der Waals surface area contributed by atoms with E-state index in [2.05, 4.69) is 10.6 Å². The molecule has 2 amide bonds. The second kappa shape index (κ2) is 6.07. The minimum Gasteiger partial charge on any atom is -0.336 e. The molecule has 0 saturated heterocycles. The van der Waals surface area contributed by atoms with Crippen molar-refractivity contribution >= 4 is 11.7 Å². The molecule has 0 aliphatic carbocycles. The largest absolute Gasteiger partial charge is 0.336 e. The Bertz CT molecular complexity index is 357. The van der Waals surface area contributed by atoms with Gasteiger partial charge in [-0.1, -0.05) is 13.0 Å². The van der Waals surface area contributed by atoms with Gasteiger partial charge in [0.25, 0.3) is 0 Å². The Morgan fingerprint density at radius 1 is 1.56 bits per heavy atom. The number of nitrogens with one attached hydrogen (secondary N) is 2. The average Bonchev–Trinajstić information content (AvgIpc) is 2.26. The Balaban J connectivity index is 2.40. The van der Waals surface area contributed by atoms with Crippen LogP contribution in [0.4, 0.5) is 14.9 Å². The van der Waals surface area contributed by atoms with Crippen LogP contribution in [0.5, 0.6) is 0 Å². The number of urea groups is 1. The molecule has 1 aromatic rings. The van der Waals surface area contributed by atoms with Crippen molar-refractivity contribution in [2.24, 2.45) is 5.73 Å². The van der Waals surface area contributed by atoms with Crippen molar-refractivity contribution in [3.05, 3.63) is 30.1 Å². The summed E-state index contributed by atoms with van der Waals surface area (Å²) < 4.78 is 12.8. The monoisotopic (exact) mass is 225 g/mol. The fourth-order valence-corrected chi connectivity index (χ4v) is 1.11. The number of hydrogen-bond acceptors (Lipinski definition) is 2. The fourth-order valence-electron chi connectivity index (χ4n) is 1.11. The highest BCUT2D eigenvalue weighted by molar-refractivity contribution is 5.89. The summed E-state index contributed by atoms with van der Waals surface area (Å²) in [6.45, 7) is 2.34. The molecule has 4 nitrogen and oxygen atoms in total. The SMILES string of the molecule is CCC(N)CNC(=O)Nc1cccc(F)c1. The smallest absolute Gasteiger partial charge is 0.319 e. The molecular weight excluding hydrogens is 209 g/mol. The Morgan fingerprint density at radius 2 is 2.31 bits per heavy atom. The molecule has 0 fully saturated rings. The molecule has 16 heavy (non-hydrogen) atoms.